The highest BCUT2D eigenvalue weighted by Gasteiger charge is 2.07. The minimum Gasteiger partial charge on any atom is -0.370 e. The molecular weight excluding hydrogens is 220 g/mol. The molecule has 0 radical (unpaired) electrons. The third-order valence-electron chi connectivity index (χ3n) is 2.42. The molecule has 90 valence electrons. The lowest BCUT2D eigenvalue weighted by atomic mass is 10.2. The molecule has 0 saturated heterocycles. The predicted molar refractivity (Wildman–Crippen MR) is 72.0 cm³/mol. The highest BCUT2D eigenvalue weighted by molar-refractivity contribution is 7.98. The molecule has 0 unspecified atom stereocenters. The number of rotatable bonds is 6. The van der Waals surface area contributed by atoms with Crippen LogP contribution in [0.25, 0.3) is 0 Å². The number of nitrogens with one attached hydrogen (secondary N) is 1. The molecule has 1 heterocycles. The standard InChI is InChI=1S/C11H20N4S/c1-4-9-8(2)10(15-11(12)14-9)13-6-5-7-16-3/h4-7H2,1-3H3,(H3,12,13,14,15). The number of nitrogens with two attached hydrogens (primary N) is 1. The van der Waals surface area contributed by atoms with Gasteiger partial charge in [0.25, 0.3) is 0 Å². The lowest BCUT2D eigenvalue weighted by molar-refractivity contribution is 0.944. The number of nitrogens with zero attached hydrogens (tertiary/aromatic N) is 2. The first-order valence-corrected chi connectivity index (χ1v) is 6.94. The van der Waals surface area contributed by atoms with Gasteiger partial charge < -0.3 is 11.1 Å². The Kier molecular flexibility index (Phi) is 5.38. The van der Waals surface area contributed by atoms with Crippen molar-refractivity contribution in [1.82, 2.24) is 9.97 Å². The Bertz CT molecular complexity index is 341. The van der Waals surface area contributed by atoms with Gasteiger partial charge in [0, 0.05) is 12.1 Å². The van der Waals surface area contributed by atoms with Crippen LogP contribution in [-0.4, -0.2) is 28.5 Å². The van der Waals surface area contributed by atoms with Gasteiger partial charge in [-0.2, -0.15) is 16.7 Å². The van der Waals surface area contributed by atoms with E-state index < -0.39 is 0 Å². The Morgan fingerprint density at radius 3 is 2.75 bits per heavy atom. The van der Waals surface area contributed by atoms with Gasteiger partial charge in [0.1, 0.15) is 5.82 Å². The van der Waals surface area contributed by atoms with Crippen LogP contribution in [0.15, 0.2) is 0 Å². The molecule has 5 heteroatoms. The summed E-state index contributed by atoms with van der Waals surface area (Å²) < 4.78 is 0. The minimum absolute atomic E-state index is 0.356. The molecule has 0 aliphatic carbocycles. The molecule has 0 atom stereocenters. The number of thioether (sulfide) groups is 1. The van der Waals surface area contributed by atoms with E-state index in [1.54, 1.807) is 0 Å². The molecule has 1 aromatic rings. The lowest BCUT2D eigenvalue weighted by Gasteiger charge is -2.11. The normalized spacial score (nSPS) is 10.4. The number of hydrogen-bond acceptors (Lipinski definition) is 5. The fourth-order valence-electron chi connectivity index (χ4n) is 1.52. The van der Waals surface area contributed by atoms with Gasteiger partial charge in [-0.3, -0.25) is 0 Å². The van der Waals surface area contributed by atoms with Gasteiger partial charge >= 0.3 is 0 Å². The van der Waals surface area contributed by atoms with Crippen LogP contribution in [0.2, 0.25) is 0 Å². The van der Waals surface area contributed by atoms with E-state index >= 15 is 0 Å². The summed E-state index contributed by atoms with van der Waals surface area (Å²) in [6.45, 7) is 5.04. The number of aryl methyl sites for hydroxylation is 1. The Morgan fingerprint density at radius 2 is 2.12 bits per heavy atom. The van der Waals surface area contributed by atoms with Crippen LogP contribution in [0.5, 0.6) is 0 Å². The maximum Gasteiger partial charge on any atom is 0.222 e. The fourth-order valence-corrected chi connectivity index (χ4v) is 1.95. The molecule has 3 N–H and O–H groups in total. The molecule has 0 aliphatic rings. The Labute approximate surface area is 101 Å². The second-order valence-electron chi connectivity index (χ2n) is 3.63. The summed E-state index contributed by atoms with van der Waals surface area (Å²) in [6.07, 6.45) is 4.13. The lowest BCUT2D eigenvalue weighted by Crippen LogP contribution is -2.10. The number of aromatic nitrogens is 2. The summed E-state index contributed by atoms with van der Waals surface area (Å²) in [5.74, 6) is 2.40. The van der Waals surface area contributed by atoms with E-state index in [9.17, 15) is 0 Å². The van der Waals surface area contributed by atoms with E-state index in [4.69, 9.17) is 5.73 Å². The molecule has 0 aromatic carbocycles. The molecule has 1 rings (SSSR count). The van der Waals surface area contributed by atoms with Crippen LogP contribution < -0.4 is 11.1 Å². The molecule has 16 heavy (non-hydrogen) atoms. The zero-order valence-corrected chi connectivity index (χ0v) is 11.0. The number of anilines is 2. The van der Waals surface area contributed by atoms with Crippen molar-refractivity contribution in [3.8, 4) is 0 Å². The van der Waals surface area contributed by atoms with Crippen LogP contribution in [-0.2, 0) is 6.42 Å². The van der Waals surface area contributed by atoms with Gasteiger partial charge in [-0.25, -0.2) is 4.98 Å². The zero-order valence-electron chi connectivity index (χ0n) is 10.2. The molecule has 4 nitrogen and oxygen atoms in total. The third-order valence-corrected chi connectivity index (χ3v) is 3.11. The van der Waals surface area contributed by atoms with E-state index in [-0.39, 0.29) is 0 Å². The van der Waals surface area contributed by atoms with Crippen molar-refractivity contribution in [3.63, 3.8) is 0 Å². The number of nitrogen functional groups attached to an aromatic ring is 1. The van der Waals surface area contributed by atoms with Gasteiger partial charge in [-0.1, -0.05) is 6.92 Å². The first-order chi connectivity index (χ1) is 7.69. The van der Waals surface area contributed by atoms with Crippen molar-refractivity contribution in [2.24, 2.45) is 0 Å². The number of hydrogen-bond donors (Lipinski definition) is 2. The maximum atomic E-state index is 5.67. The van der Waals surface area contributed by atoms with Crippen molar-refractivity contribution in [2.45, 2.75) is 26.7 Å². The molecule has 0 amide bonds. The van der Waals surface area contributed by atoms with E-state index in [0.29, 0.717) is 5.95 Å². The quantitative estimate of drug-likeness (QED) is 0.745. The second kappa shape index (κ2) is 6.58. The topological polar surface area (TPSA) is 63.8 Å². The molecule has 0 bridgehead atoms. The highest BCUT2D eigenvalue weighted by atomic mass is 32.2. The summed E-state index contributed by atoms with van der Waals surface area (Å²) >= 11 is 1.85. The minimum atomic E-state index is 0.356. The van der Waals surface area contributed by atoms with Crippen molar-refractivity contribution in [1.29, 1.82) is 0 Å². The Balaban J connectivity index is 2.67. The van der Waals surface area contributed by atoms with E-state index in [1.807, 2.05) is 18.7 Å². The summed E-state index contributed by atoms with van der Waals surface area (Å²) in [6, 6.07) is 0. The molecule has 0 aliphatic heterocycles. The van der Waals surface area contributed by atoms with E-state index in [0.717, 1.165) is 42.2 Å². The SMILES string of the molecule is CCc1nc(N)nc(NCCCSC)c1C. The van der Waals surface area contributed by atoms with Crippen LogP contribution >= 0.6 is 11.8 Å². The van der Waals surface area contributed by atoms with Crippen molar-refractivity contribution in [3.05, 3.63) is 11.3 Å². The summed E-state index contributed by atoms with van der Waals surface area (Å²) in [5, 5.41) is 3.32. The molecule has 0 spiro atoms. The average Bonchev–Trinajstić information content (AvgIpc) is 2.28. The Hall–Kier alpha value is -0.970. The van der Waals surface area contributed by atoms with Gasteiger partial charge in [0.15, 0.2) is 0 Å². The van der Waals surface area contributed by atoms with Crippen LogP contribution in [0.4, 0.5) is 11.8 Å². The van der Waals surface area contributed by atoms with Crippen LogP contribution in [0.3, 0.4) is 0 Å². The van der Waals surface area contributed by atoms with Crippen molar-refractivity contribution < 1.29 is 0 Å². The van der Waals surface area contributed by atoms with Crippen LogP contribution in [0.1, 0.15) is 24.6 Å². The Morgan fingerprint density at radius 1 is 1.38 bits per heavy atom. The fraction of sp³-hybridized carbons (Fsp3) is 0.636. The molecule has 0 fully saturated rings. The second-order valence-corrected chi connectivity index (χ2v) is 4.61. The van der Waals surface area contributed by atoms with Gasteiger partial charge in [-0.15, -0.1) is 0 Å². The van der Waals surface area contributed by atoms with Gasteiger partial charge in [0.2, 0.25) is 5.95 Å². The first kappa shape index (κ1) is 13.1. The summed E-state index contributed by atoms with van der Waals surface area (Å²) in [4.78, 5) is 8.45. The smallest absolute Gasteiger partial charge is 0.222 e. The van der Waals surface area contributed by atoms with Crippen molar-refractivity contribution >= 4 is 23.5 Å². The predicted octanol–water partition coefficient (Wildman–Crippen LogP) is 2.09. The third kappa shape index (κ3) is 3.56. The average molecular weight is 240 g/mol. The maximum absolute atomic E-state index is 5.67. The molecular formula is C11H20N4S. The monoisotopic (exact) mass is 240 g/mol. The van der Waals surface area contributed by atoms with E-state index in [2.05, 4.69) is 28.5 Å². The van der Waals surface area contributed by atoms with Crippen molar-refractivity contribution in [2.75, 3.05) is 29.6 Å². The largest absolute Gasteiger partial charge is 0.370 e. The molecule has 1 aromatic heterocycles. The van der Waals surface area contributed by atoms with Gasteiger partial charge in [-0.05, 0) is 31.8 Å². The van der Waals surface area contributed by atoms with E-state index in [1.165, 1.54) is 0 Å². The summed E-state index contributed by atoms with van der Waals surface area (Å²) in [7, 11) is 0. The summed E-state index contributed by atoms with van der Waals surface area (Å²) in [5.41, 5.74) is 7.81. The molecule has 0 saturated carbocycles. The van der Waals surface area contributed by atoms with Gasteiger partial charge in [0.05, 0.1) is 5.69 Å². The van der Waals surface area contributed by atoms with Crippen LogP contribution in [0, 0.1) is 6.92 Å². The highest BCUT2D eigenvalue weighted by Crippen LogP contribution is 2.16. The zero-order chi connectivity index (χ0) is 12.0. The first-order valence-electron chi connectivity index (χ1n) is 5.54.